The molecule has 0 unspecified atom stereocenters. The lowest BCUT2D eigenvalue weighted by atomic mass is 9.93. The molecule has 2 atom stereocenters. The summed E-state index contributed by atoms with van der Waals surface area (Å²) < 4.78 is 0. The molecule has 1 aromatic carbocycles. The molecule has 0 aliphatic carbocycles. The van der Waals surface area contributed by atoms with E-state index in [1.54, 1.807) is 5.01 Å². The Bertz CT molecular complexity index is 409. The average molecular weight is 245 g/mol. The van der Waals surface area contributed by atoms with Crippen LogP contribution < -0.4 is 0 Å². The second-order valence-electron chi connectivity index (χ2n) is 5.39. The Balaban J connectivity index is 1.65. The van der Waals surface area contributed by atoms with Crippen molar-refractivity contribution in [2.45, 2.75) is 25.4 Å². The molecule has 0 amide bonds. The van der Waals surface area contributed by atoms with Crippen LogP contribution in [0.15, 0.2) is 35.6 Å². The van der Waals surface area contributed by atoms with E-state index < -0.39 is 0 Å². The number of hydrogen-bond acceptors (Lipinski definition) is 3. The zero-order valence-corrected chi connectivity index (χ0v) is 10.5. The predicted molar refractivity (Wildman–Crippen MR) is 70.7 cm³/mol. The summed E-state index contributed by atoms with van der Waals surface area (Å²) in [4.78, 5) is 13.3. The molecule has 2 aliphatic heterocycles. The number of piperidine rings is 1. The summed E-state index contributed by atoms with van der Waals surface area (Å²) in [7, 11) is 0. The molecule has 0 spiro atoms. The van der Waals surface area contributed by atoms with Crippen LogP contribution in [0.3, 0.4) is 0 Å². The smallest absolute Gasteiger partial charge is 0.0669 e. The van der Waals surface area contributed by atoms with Gasteiger partial charge in [-0.15, -0.1) is 4.91 Å². The molecule has 3 rings (SSSR count). The van der Waals surface area contributed by atoms with E-state index in [-0.39, 0.29) is 0 Å². The highest BCUT2D eigenvalue weighted by Gasteiger charge is 2.39. The molecular weight excluding hydrogens is 226 g/mol. The van der Waals surface area contributed by atoms with Crippen molar-refractivity contribution in [1.82, 2.24) is 9.91 Å². The van der Waals surface area contributed by atoms with Crippen LogP contribution in [-0.2, 0) is 6.54 Å². The van der Waals surface area contributed by atoms with Gasteiger partial charge < -0.3 is 0 Å². The van der Waals surface area contributed by atoms with Crippen LogP contribution in [0.25, 0.3) is 0 Å². The van der Waals surface area contributed by atoms with Crippen molar-refractivity contribution in [1.29, 1.82) is 0 Å². The summed E-state index contributed by atoms with van der Waals surface area (Å²) in [6, 6.07) is 10.9. The van der Waals surface area contributed by atoms with Gasteiger partial charge in [-0.05, 0) is 24.3 Å². The third kappa shape index (κ3) is 2.25. The van der Waals surface area contributed by atoms with Gasteiger partial charge in [-0.2, -0.15) is 0 Å². The molecule has 0 radical (unpaired) electrons. The van der Waals surface area contributed by atoms with Gasteiger partial charge in [0.25, 0.3) is 0 Å². The Kier molecular flexibility index (Phi) is 3.28. The first kappa shape index (κ1) is 11.7. The standard InChI is InChI=1S/C14H19N3O/c18-15-17-8-4-7-13-10-16(11-14(13)17)9-12-5-2-1-3-6-12/h1-3,5-6,13-14H,4,7-11H2/t13-,14-/m1/s1. The molecule has 0 aromatic heterocycles. The third-order valence-corrected chi connectivity index (χ3v) is 4.18. The second kappa shape index (κ2) is 5.06. The number of nitrogens with zero attached hydrogens (tertiary/aromatic N) is 3. The first-order valence-electron chi connectivity index (χ1n) is 6.73. The Morgan fingerprint density at radius 3 is 2.83 bits per heavy atom. The highest BCUT2D eigenvalue weighted by molar-refractivity contribution is 5.15. The largest absolute Gasteiger partial charge is 0.297 e. The summed E-state index contributed by atoms with van der Waals surface area (Å²) in [6.07, 6.45) is 2.34. The molecule has 0 N–H and O–H groups in total. The van der Waals surface area contributed by atoms with Crippen molar-refractivity contribution in [3.8, 4) is 0 Å². The van der Waals surface area contributed by atoms with E-state index in [1.807, 2.05) is 6.07 Å². The first-order chi connectivity index (χ1) is 8.86. The van der Waals surface area contributed by atoms with Crippen molar-refractivity contribution in [2.75, 3.05) is 19.6 Å². The maximum atomic E-state index is 10.8. The number of rotatable bonds is 3. The predicted octanol–water partition coefficient (Wildman–Crippen LogP) is 2.26. The minimum absolute atomic E-state index is 0.347. The topological polar surface area (TPSA) is 35.9 Å². The van der Waals surface area contributed by atoms with Crippen LogP contribution in [0.2, 0.25) is 0 Å². The minimum Gasteiger partial charge on any atom is -0.297 e. The van der Waals surface area contributed by atoms with E-state index in [2.05, 4.69) is 34.5 Å². The molecule has 4 heteroatoms. The highest BCUT2D eigenvalue weighted by atomic mass is 16.3. The normalized spacial score (nSPS) is 28.1. The Hall–Kier alpha value is -1.42. The fourth-order valence-corrected chi connectivity index (χ4v) is 3.32. The average Bonchev–Trinajstić information content (AvgIpc) is 2.82. The molecule has 18 heavy (non-hydrogen) atoms. The lowest BCUT2D eigenvalue weighted by Gasteiger charge is -2.31. The summed E-state index contributed by atoms with van der Waals surface area (Å²) in [5.74, 6) is 0.625. The summed E-state index contributed by atoms with van der Waals surface area (Å²) in [6.45, 7) is 3.90. The number of nitroso groups, excluding NO2 is 1. The number of hydrogen-bond donors (Lipinski definition) is 0. The summed E-state index contributed by atoms with van der Waals surface area (Å²) >= 11 is 0. The van der Waals surface area contributed by atoms with E-state index in [9.17, 15) is 4.91 Å². The number of likely N-dealkylation sites (tertiary alicyclic amines) is 1. The van der Waals surface area contributed by atoms with E-state index in [4.69, 9.17) is 0 Å². The fourth-order valence-electron chi connectivity index (χ4n) is 3.32. The SMILES string of the molecule is O=NN1CCC[C@@H]2CN(Cc3ccccc3)C[C@H]21. The van der Waals surface area contributed by atoms with Gasteiger partial charge in [-0.3, -0.25) is 9.91 Å². The number of benzene rings is 1. The Morgan fingerprint density at radius 1 is 1.22 bits per heavy atom. The van der Waals surface area contributed by atoms with Gasteiger partial charge in [-0.1, -0.05) is 30.3 Å². The van der Waals surface area contributed by atoms with Crippen LogP contribution in [0, 0.1) is 10.8 Å². The maximum absolute atomic E-state index is 10.8. The monoisotopic (exact) mass is 245 g/mol. The lowest BCUT2D eigenvalue weighted by Crippen LogP contribution is -2.41. The van der Waals surface area contributed by atoms with Crippen molar-refractivity contribution >= 4 is 0 Å². The molecule has 96 valence electrons. The molecule has 2 heterocycles. The van der Waals surface area contributed by atoms with E-state index in [1.165, 1.54) is 12.0 Å². The molecule has 4 nitrogen and oxygen atoms in total. The van der Waals surface area contributed by atoms with Crippen LogP contribution in [0.4, 0.5) is 0 Å². The van der Waals surface area contributed by atoms with E-state index in [0.717, 1.165) is 32.6 Å². The van der Waals surface area contributed by atoms with E-state index >= 15 is 0 Å². The van der Waals surface area contributed by atoms with Gasteiger partial charge in [0, 0.05) is 26.2 Å². The molecule has 0 bridgehead atoms. The zero-order chi connectivity index (χ0) is 12.4. The van der Waals surface area contributed by atoms with Crippen molar-refractivity contribution < 1.29 is 0 Å². The van der Waals surface area contributed by atoms with Crippen LogP contribution >= 0.6 is 0 Å². The molecule has 2 saturated heterocycles. The van der Waals surface area contributed by atoms with Crippen molar-refractivity contribution in [3.05, 3.63) is 40.8 Å². The fraction of sp³-hybridized carbons (Fsp3) is 0.571. The lowest BCUT2D eigenvalue weighted by molar-refractivity contribution is 0.126. The molecule has 1 aromatic rings. The second-order valence-corrected chi connectivity index (χ2v) is 5.39. The zero-order valence-electron chi connectivity index (χ0n) is 10.5. The van der Waals surface area contributed by atoms with E-state index in [0.29, 0.717) is 12.0 Å². The van der Waals surface area contributed by atoms with Gasteiger partial charge in [0.1, 0.15) is 0 Å². The van der Waals surface area contributed by atoms with Crippen LogP contribution in [0.1, 0.15) is 18.4 Å². The van der Waals surface area contributed by atoms with Crippen LogP contribution in [-0.4, -0.2) is 35.6 Å². The first-order valence-corrected chi connectivity index (χ1v) is 6.73. The Labute approximate surface area is 108 Å². The van der Waals surface area contributed by atoms with Gasteiger partial charge >= 0.3 is 0 Å². The van der Waals surface area contributed by atoms with Gasteiger partial charge in [0.05, 0.1) is 11.3 Å². The molecule has 2 fully saturated rings. The van der Waals surface area contributed by atoms with Crippen LogP contribution in [0.5, 0.6) is 0 Å². The number of fused-ring (bicyclic) bond motifs is 1. The molecule has 0 saturated carbocycles. The summed E-state index contributed by atoms with van der Waals surface area (Å²) in [5, 5.41) is 4.95. The van der Waals surface area contributed by atoms with Gasteiger partial charge in [0.15, 0.2) is 0 Å². The van der Waals surface area contributed by atoms with Gasteiger partial charge in [-0.25, -0.2) is 0 Å². The van der Waals surface area contributed by atoms with Crippen molar-refractivity contribution in [2.24, 2.45) is 11.2 Å². The quantitative estimate of drug-likeness (QED) is 0.766. The summed E-state index contributed by atoms with van der Waals surface area (Å²) in [5.41, 5.74) is 1.35. The van der Waals surface area contributed by atoms with Crippen molar-refractivity contribution in [3.63, 3.8) is 0 Å². The third-order valence-electron chi connectivity index (χ3n) is 4.18. The molecular formula is C14H19N3O. The molecule has 2 aliphatic rings. The highest BCUT2D eigenvalue weighted by Crippen LogP contribution is 2.31. The van der Waals surface area contributed by atoms with Gasteiger partial charge in [0.2, 0.25) is 0 Å². The Morgan fingerprint density at radius 2 is 2.06 bits per heavy atom. The minimum atomic E-state index is 0.347. The maximum Gasteiger partial charge on any atom is 0.0669 e.